The first-order valence-electron chi connectivity index (χ1n) is 5.25. The van der Waals surface area contributed by atoms with Gasteiger partial charge < -0.3 is 0 Å². The summed E-state index contributed by atoms with van der Waals surface area (Å²) in [5, 5.41) is 0.895. The predicted molar refractivity (Wildman–Crippen MR) is 60.6 cm³/mol. The zero-order valence-corrected chi connectivity index (χ0v) is 9.30. The first-order valence-corrected chi connectivity index (χ1v) is 5.62. The van der Waals surface area contributed by atoms with Gasteiger partial charge in [-0.25, -0.2) is 0 Å². The number of hydrogen-bond acceptors (Lipinski definition) is 1. The number of halogens is 1. The molecule has 0 saturated carbocycles. The van der Waals surface area contributed by atoms with Crippen molar-refractivity contribution in [3.05, 3.63) is 34.9 Å². The summed E-state index contributed by atoms with van der Waals surface area (Å²) in [6, 6.07) is 8.85. The van der Waals surface area contributed by atoms with Crippen LogP contribution in [-0.2, 0) is 6.54 Å². The van der Waals surface area contributed by atoms with E-state index in [2.05, 4.69) is 24.0 Å². The molecule has 14 heavy (non-hydrogen) atoms. The van der Waals surface area contributed by atoms with Crippen LogP contribution < -0.4 is 0 Å². The highest BCUT2D eigenvalue weighted by molar-refractivity contribution is 6.31. The van der Waals surface area contributed by atoms with Crippen molar-refractivity contribution in [3.63, 3.8) is 0 Å². The lowest BCUT2D eigenvalue weighted by Gasteiger charge is -2.21. The molecule has 0 N–H and O–H groups in total. The van der Waals surface area contributed by atoms with Crippen LogP contribution in [0.3, 0.4) is 0 Å². The fraction of sp³-hybridized carbons (Fsp3) is 0.500. The Kier molecular flexibility index (Phi) is 3.09. The van der Waals surface area contributed by atoms with E-state index in [0.29, 0.717) is 6.04 Å². The van der Waals surface area contributed by atoms with Crippen molar-refractivity contribution in [1.82, 2.24) is 4.90 Å². The highest BCUT2D eigenvalue weighted by Gasteiger charge is 2.20. The van der Waals surface area contributed by atoms with Crippen molar-refractivity contribution in [2.24, 2.45) is 0 Å². The highest BCUT2D eigenvalue weighted by atomic mass is 35.5. The van der Waals surface area contributed by atoms with Gasteiger partial charge >= 0.3 is 0 Å². The normalized spacial score (nSPS) is 22.9. The largest absolute Gasteiger partial charge is 0.296 e. The Bertz CT molecular complexity index is 311. The Balaban J connectivity index is 2.07. The van der Waals surface area contributed by atoms with Crippen molar-refractivity contribution >= 4 is 11.6 Å². The van der Waals surface area contributed by atoms with E-state index in [1.807, 2.05) is 12.1 Å². The summed E-state index contributed by atoms with van der Waals surface area (Å²) in [6.45, 7) is 4.51. The van der Waals surface area contributed by atoms with Gasteiger partial charge in [0.25, 0.3) is 0 Å². The Morgan fingerprint density at radius 1 is 1.43 bits per heavy atom. The molecule has 1 atom stereocenters. The van der Waals surface area contributed by atoms with Gasteiger partial charge in [-0.15, -0.1) is 0 Å². The summed E-state index contributed by atoms with van der Waals surface area (Å²) < 4.78 is 0. The Hall–Kier alpha value is -0.530. The average molecular weight is 210 g/mol. The second-order valence-electron chi connectivity index (χ2n) is 4.05. The molecule has 76 valence electrons. The lowest BCUT2D eigenvalue weighted by Crippen LogP contribution is -2.26. The third-order valence-corrected chi connectivity index (χ3v) is 3.39. The van der Waals surface area contributed by atoms with E-state index in [0.717, 1.165) is 11.6 Å². The van der Waals surface area contributed by atoms with Crippen LogP contribution >= 0.6 is 11.6 Å². The van der Waals surface area contributed by atoms with Crippen LogP contribution in [0.1, 0.15) is 25.3 Å². The number of nitrogens with zero attached hydrogens (tertiary/aromatic N) is 1. The summed E-state index contributed by atoms with van der Waals surface area (Å²) in [5.74, 6) is 0. The van der Waals surface area contributed by atoms with Crippen molar-refractivity contribution in [3.8, 4) is 0 Å². The van der Waals surface area contributed by atoms with Crippen LogP contribution in [-0.4, -0.2) is 17.5 Å². The van der Waals surface area contributed by atoms with Crippen molar-refractivity contribution < 1.29 is 0 Å². The zero-order valence-electron chi connectivity index (χ0n) is 8.54. The van der Waals surface area contributed by atoms with Gasteiger partial charge in [0, 0.05) is 17.6 Å². The van der Waals surface area contributed by atoms with Gasteiger partial charge in [-0.2, -0.15) is 0 Å². The Labute approximate surface area is 90.7 Å². The van der Waals surface area contributed by atoms with Gasteiger partial charge in [-0.3, -0.25) is 4.90 Å². The molecule has 0 amide bonds. The molecule has 1 nitrogen and oxygen atoms in total. The standard InChI is InChI=1S/C12H16ClN/c1-10-5-4-8-14(10)9-11-6-2-3-7-12(11)13/h2-3,6-7,10H,4-5,8-9H2,1H3. The fourth-order valence-corrected chi connectivity index (χ4v) is 2.27. The SMILES string of the molecule is CC1CCCN1Cc1ccccc1Cl. The molecule has 0 bridgehead atoms. The van der Waals surface area contributed by atoms with E-state index in [-0.39, 0.29) is 0 Å². The van der Waals surface area contributed by atoms with E-state index in [1.165, 1.54) is 24.9 Å². The Morgan fingerprint density at radius 3 is 2.86 bits per heavy atom. The molecule has 1 aliphatic heterocycles. The van der Waals surface area contributed by atoms with E-state index in [9.17, 15) is 0 Å². The molecule has 2 heteroatoms. The number of benzene rings is 1. The number of rotatable bonds is 2. The molecule has 1 unspecified atom stereocenters. The highest BCUT2D eigenvalue weighted by Crippen LogP contribution is 2.22. The van der Waals surface area contributed by atoms with Gasteiger partial charge in [0.15, 0.2) is 0 Å². The van der Waals surface area contributed by atoms with Gasteiger partial charge in [0.05, 0.1) is 0 Å². The monoisotopic (exact) mass is 209 g/mol. The summed E-state index contributed by atoms with van der Waals surface area (Å²) in [5.41, 5.74) is 1.25. The van der Waals surface area contributed by atoms with Gasteiger partial charge in [-0.05, 0) is 37.9 Å². The summed E-state index contributed by atoms with van der Waals surface area (Å²) in [7, 11) is 0. The molecule has 1 heterocycles. The minimum absolute atomic E-state index is 0.714. The van der Waals surface area contributed by atoms with Crippen LogP contribution in [0, 0.1) is 0 Å². The number of hydrogen-bond donors (Lipinski definition) is 0. The predicted octanol–water partition coefficient (Wildman–Crippen LogP) is 3.32. The van der Waals surface area contributed by atoms with Crippen LogP contribution in [0.25, 0.3) is 0 Å². The lowest BCUT2D eigenvalue weighted by atomic mass is 10.2. The molecule has 1 aromatic rings. The second-order valence-corrected chi connectivity index (χ2v) is 4.46. The fourth-order valence-electron chi connectivity index (χ4n) is 2.07. The third-order valence-electron chi connectivity index (χ3n) is 3.02. The third kappa shape index (κ3) is 2.10. The molecule has 0 aromatic heterocycles. The molecule has 1 fully saturated rings. The minimum atomic E-state index is 0.714. The molecule has 1 aliphatic rings. The molecule has 1 saturated heterocycles. The summed E-state index contributed by atoms with van der Waals surface area (Å²) in [6.07, 6.45) is 2.65. The minimum Gasteiger partial charge on any atom is -0.296 e. The van der Waals surface area contributed by atoms with E-state index in [4.69, 9.17) is 11.6 Å². The molecule has 0 spiro atoms. The smallest absolute Gasteiger partial charge is 0.0451 e. The molecular weight excluding hydrogens is 194 g/mol. The first kappa shape index (κ1) is 10.0. The van der Waals surface area contributed by atoms with Crippen LogP contribution in [0.4, 0.5) is 0 Å². The zero-order chi connectivity index (χ0) is 9.97. The second kappa shape index (κ2) is 4.33. The quantitative estimate of drug-likeness (QED) is 0.723. The maximum Gasteiger partial charge on any atom is 0.0451 e. The molecule has 0 aliphatic carbocycles. The lowest BCUT2D eigenvalue weighted by molar-refractivity contribution is 0.260. The van der Waals surface area contributed by atoms with E-state index in [1.54, 1.807) is 0 Å². The molecular formula is C12H16ClN. The molecule has 1 aromatic carbocycles. The average Bonchev–Trinajstić information content (AvgIpc) is 2.56. The van der Waals surface area contributed by atoms with Gasteiger partial charge in [-0.1, -0.05) is 29.8 Å². The van der Waals surface area contributed by atoms with Gasteiger partial charge in [0.1, 0.15) is 0 Å². The first-order chi connectivity index (χ1) is 6.77. The summed E-state index contributed by atoms with van der Waals surface area (Å²) >= 11 is 6.12. The molecule has 0 radical (unpaired) electrons. The maximum absolute atomic E-state index is 6.12. The van der Waals surface area contributed by atoms with Crippen molar-refractivity contribution in [2.75, 3.05) is 6.54 Å². The Morgan fingerprint density at radius 2 is 2.21 bits per heavy atom. The summed E-state index contributed by atoms with van der Waals surface area (Å²) in [4.78, 5) is 2.50. The van der Waals surface area contributed by atoms with E-state index < -0.39 is 0 Å². The van der Waals surface area contributed by atoms with Gasteiger partial charge in [0.2, 0.25) is 0 Å². The van der Waals surface area contributed by atoms with Crippen molar-refractivity contribution in [2.45, 2.75) is 32.4 Å². The van der Waals surface area contributed by atoms with E-state index >= 15 is 0 Å². The number of likely N-dealkylation sites (tertiary alicyclic amines) is 1. The maximum atomic E-state index is 6.12. The topological polar surface area (TPSA) is 3.24 Å². The van der Waals surface area contributed by atoms with Crippen LogP contribution in [0.5, 0.6) is 0 Å². The molecule has 2 rings (SSSR count). The van der Waals surface area contributed by atoms with Crippen molar-refractivity contribution in [1.29, 1.82) is 0 Å². The van der Waals surface area contributed by atoms with Crippen LogP contribution in [0.2, 0.25) is 5.02 Å². The van der Waals surface area contributed by atoms with Crippen LogP contribution in [0.15, 0.2) is 24.3 Å².